The van der Waals surface area contributed by atoms with Crippen LogP contribution in [0.1, 0.15) is 40.8 Å². The monoisotopic (exact) mass is 318 g/mol. The van der Waals surface area contributed by atoms with Crippen molar-refractivity contribution < 1.29 is 4.74 Å². The van der Waals surface area contributed by atoms with Gasteiger partial charge in [-0.3, -0.25) is 4.90 Å². The Hall–Kier alpha value is -1.24. The number of rotatable bonds is 3. The molecule has 4 rings (SSSR count). The third-order valence-electron chi connectivity index (χ3n) is 4.92. The molecule has 118 valence electrons. The van der Waals surface area contributed by atoms with Crippen molar-refractivity contribution >= 4 is 11.3 Å². The van der Waals surface area contributed by atoms with Gasteiger partial charge in [-0.2, -0.15) is 15.4 Å². The lowest BCUT2D eigenvalue weighted by Gasteiger charge is -2.44. The van der Waals surface area contributed by atoms with Gasteiger partial charge in [0.15, 0.2) is 0 Å². The number of thiophene rings is 1. The summed E-state index contributed by atoms with van der Waals surface area (Å²) in [4.78, 5) is 5.52. The summed E-state index contributed by atoms with van der Waals surface area (Å²) in [6.45, 7) is 6.11. The number of nitrogens with zero attached hydrogens (tertiary/aromatic N) is 3. The van der Waals surface area contributed by atoms with Gasteiger partial charge in [0.2, 0.25) is 0 Å². The number of nitrogens with one attached hydrogen (secondary N) is 1. The number of aromatic amines is 1. The van der Waals surface area contributed by atoms with Crippen molar-refractivity contribution in [2.45, 2.75) is 44.8 Å². The van der Waals surface area contributed by atoms with Crippen LogP contribution in [0.2, 0.25) is 0 Å². The lowest BCUT2D eigenvalue weighted by atomic mass is 9.82. The number of H-pyrrole nitrogens is 1. The Balaban J connectivity index is 1.50. The van der Waals surface area contributed by atoms with Crippen LogP contribution in [0.4, 0.5) is 0 Å². The fourth-order valence-corrected chi connectivity index (χ4v) is 4.84. The summed E-state index contributed by atoms with van der Waals surface area (Å²) in [7, 11) is 0. The molecule has 2 aromatic heterocycles. The van der Waals surface area contributed by atoms with Gasteiger partial charge >= 0.3 is 0 Å². The number of aromatic nitrogens is 3. The number of aryl methyl sites for hydroxylation is 1. The summed E-state index contributed by atoms with van der Waals surface area (Å²) in [6.07, 6.45) is 6.19. The highest BCUT2D eigenvalue weighted by Gasteiger charge is 2.41. The standard InChI is InChI=1S/C16H22N4OS/c1-2-13-9-14-15(22-13)3-8-21-16(14)4-6-20(7-5-16)11-12-10-17-19-18-12/h9-10H,2-8,11H2,1H3,(H,17,18,19). The van der Waals surface area contributed by atoms with Crippen molar-refractivity contribution in [1.29, 1.82) is 0 Å². The number of hydrogen-bond acceptors (Lipinski definition) is 5. The van der Waals surface area contributed by atoms with Gasteiger partial charge < -0.3 is 4.74 Å². The van der Waals surface area contributed by atoms with E-state index in [9.17, 15) is 0 Å². The van der Waals surface area contributed by atoms with Gasteiger partial charge in [-0.1, -0.05) is 6.92 Å². The van der Waals surface area contributed by atoms with Gasteiger partial charge in [0, 0.05) is 35.8 Å². The van der Waals surface area contributed by atoms with Crippen LogP contribution in [0.5, 0.6) is 0 Å². The van der Waals surface area contributed by atoms with Crippen LogP contribution in [-0.4, -0.2) is 40.0 Å². The molecule has 2 aromatic rings. The van der Waals surface area contributed by atoms with Gasteiger partial charge in [-0.15, -0.1) is 11.3 Å². The number of hydrogen-bond donors (Lipinski definition) is 1. The lowest BCUT2D eigenvalue weighted by molar-refractivity contribution is -0.0982. The molecule has 6 heteroatoms. The van der Waals surface area contributed by atoms with Crippen LogP contribution < -0.4 is 0 Å². The molecule has 1 saturated heterocycles. The maximum atomic E-state index is 6.32. The molecule has 0 aliphatic carbocycles. The van der Waals surface area contributed by atoms with E-state index in [2.05, 4.69) is 33.3 Å². The maximum Gasteiger partial charge on any atom is 0.0966 e. The van der Waals surface area contributed by atoms with E-state index in [-0.39, 0.29) is 5.60 Å². The van der Waals surface area contributed by atoms with Gasteiger partial charge in [-0.25, -0.2) is 0 Å². The maximum absolute atomic E-state index is 6.32. The van der Waals surface area contributed by atoms with Crippen LogP contribution in [0.15, 0.2) is 12.3 Å². The van der Waals surface area contributed by atoms with E-state index in [1.807, 2.05) is 17.5 Å². The Kier molecular flexibility index (Phi) is 3.76. The average molecular weight is 318 g/mol. The molecule has 1 fully saturated rings. The molecular weight excluding hydrogens is 296 g/mol. The van der Waals surface area contributed by atoms with Crippen molar-refractivity contribution in [3.63, 3.8) is 0 Å². The molecule has 0 amide bonds. The first-order chi connectivity index (χ1) is 10.8. The molecule has 1 spiro atoms. The predicted octanol–water partition coefficient (Wildman–Crippen LogP) is 2.49. The smallest absolute Gasteiger partial charge is 0.0966 e. The Morgan fingerprint density at radius 3 is 3.00 bits per heavy atom. The third kappa shape index (κ3) is 2.49. The summed E-state index contributed by atoms with van der Waals surface area (Å²) >= 11 is 1.99. The number of likely N-dealkylation sites (tertiary alicyclic amines) is 1. The van der Waals surface area contributed by atoms with E-state index in [1.165, 1.54) is 10.4 Å². The van der Waals surface area contributed by atoms with Gasteiger partial charge in [0.05, 0.1) is 24.1 Å². The molecule has 4 heterocycles. The van der Waals surface area contributed by atoms with E-state index in [1.54, 1.807) is 4.88 Å². The molecule has 22 heavy (non-hydrogen) atoms. The van der Waals surface area contributed by atoms with Crippen LogP contribution in [0, 0.1) is 0 Å². The van der Waals surface area contributed by atoms with Crippen LogP contribution in [-0.2, 0) is 29.7 Å². The van der Waals surface area contributed by atoms with Crippen LogP contribution in [0.3, 0.4) is 0 Å². The summed E-state index contributed by atoms with van der Waals surface area (Å²) < 4.78 is 6.32. The fourth-order valence-electron chi connectivity index (χ4n) is 3.66. The Labute approximate surface area is 134 Å². The molecule has 0 bridgehead atoms. The summed E-state index contributed by atoms with van der Waals surface area (Å²) in [5.41, 5.74) is 2.48. The van der Waals surface area contributed by atoms with Gasteiger partial charge in [0.1, 0.15) is 0 Å². The second kappa shape index (κ2) is 5.76. The first kappa shape index (κ1) is 14.4. The number of ether oxygens (including phenoxy) is 1. The van der Waals surface area contributed by atoms with Crippen molar-refractivity contribution in [2.75, 3.05) is 19.7 Å². The van der Waals surface area contributed by atoms with Gasteiger partial charge in [0.25, 0.3) is 0 Å². The Bertz CT molecular complexity index is 629. The summed E-state index contributed by atoms with van der Waals surface area (Å²) in [5.74, 6) is 0. The molecule has 2 aliphatic heterocycles. The minimum Gasteiger partial charge on any atom is -0.370 e. The minimum absolute atomic E-state index is 0.0299. The second-order valence-corrected chi connectivity index (χ2v) is 7.45. The molecule has 1 N–H and O–H groups in total. The highest BCUT2D eigenvalue weighted by Crippen LogP contribution is 2.44. The van der Waals surface area contributed by atoms with Gasteiger partial charge in [-0.05, 0) is 30.9 Å². The highest BCUT2D eigenvalue weighted by atomic mass is 32.1. The van der Waals surface area contributed by atoms with E-state index in [4.69, 9.17) is 4.74 Å². The van der Waals surface area contributed by atoms with Crippen molar-refractivity contribution in [3.05, 3.63) is 33.3 Å². The zero-order valence-electron chi connectivity index (χ0n) is 13.0. The molecule has 0 unspecified atom stereocenters. The molecular formula is C16H22N4OS. The molecule has 0 radical (unpaired) electrons. The third-order valence-corrected chi connectivity index (χ3v) is 6.26. The fraction of sp³-hybridized carbons (Fsp3) is 0.625. The lowest BCUT2D eigenvalue weighted by Crippen LogP contribution is -2.45. The second-order valence-electron chi connectivity index (χ2n) is 6.23. The Morgan fingerprint density at radius 2 is 2.27 bits per heavy atom. The largest absolute Gasteiger partial charge is 0.370 e. The molecule has 0 aromatic carbocycles. The molecule has 0 saturated carbocycles. The van der Waals surface area contributed by atoms with Crippen molar-refractivity contribution in [3.8, 4) is 0 Å². The van der Waals surface area contributed by atoms with E-state index >= 15 is 0 Å². The van der Waals surface area contributed by atoms with Crippen LogP contribution >= 0.6 is 11.3 Å². The SMILES string of the molecule is CCc1cc2c(s1)CCOC21CCN(Cc2cn[nH]n2)CC1. The van der Waals surface area contributed by atoms with Crippen molar-refractivity contribution in [1.82, 2.24) is 20.3 Å². The quantitative estimate of drug-likeness (QED) is 0.945. The van der Waals surface area contributed by atoms with Crippen LogP contribution in [0.25, 0.3) is 0 Å². The number of piperidine rings is 1. The molecule has 0 atom stereocenters. The highest BCUT2D eigenvalue weighted by molar-refractivity contribution is 7.12. The summed E-state index contributed by atoms with van der Waals surface area (Å²) in [5, 5.41) is 10.7. The van der Waals surface area contributed by atoms with E-state index in [0.29, 0.717) is 0 Å². The predicted molar refractivity (Wildman–Crippen MR) is 85.9 cm³/mol. The zero-order valence-corrected chi connectivity index (χ0v) is 13.8. The van der Waals surface area contributed by atoms with E-state index in [0.717, 1.165) is 57.6 Å². The van der Waals surface area contributed by atoms with E-state index < -0.39 is 0 Å². The number of fused-ring (bicyclic) bond motifs is 2. The molecule has 5 nitrogen and oxygen atoms in total. The normalized spacial score (nSPS) is 21.1. The first-order valence-corrected chi connectivity index (χ1v) is 8.94. The molecule has 2 aliphatic rings. The topological polar surface area (TPSA) is 54.0 Å². The zero-order chi connectivity index (χ0) is 15.0. The Morgan fingerprint density at radius 1 is 1.41 bits per heavy atom. The van der Waals surface area contributed by atoms with Crippen molar-refractivity contribution in [2.24, 2.45) is 0 Å². The summed E-state index contributed by atoms with van der Waals surface area (Å²) in [6, 6.07) is 2.41. The first-order valence-electron chi connectivity index (χ1n) is 8.12. The minimum atomic E-state index is -0.0299. The average Bonchev–Trinajstić information content (AvgIpc) is 3.19.